The number of nitrogens with zero attached hydrogens (tertiary/aromatic N) is 1. The maximum Gasteiger partial charge on any atom is 0.0459 e. The Morgan fingerprint density at radius 1 is 1.05 bits per heavy atom. The van der Waals surface area contributed by atoms with Gasteiger partial charge in [0, 0.05) is 24.0 Å². The summed E-state index contributed by atoms with van der Waals surface area (Å²) in [6.07, 6.45) is 3.52. The second-order valence-electron chi connectivity index (χ2n) is 5.69. The molecule has 2 heteroatoms. The van der Waals surface area contributed by atoms with Gasteiger partial charge in [-0.25, -0.2) is 0 Å². The molecule has 21 heavy (non-hydrogen) atoms. The van der Waals surface area contributed by atoms with Gasteiger partial charge in [0.15, 0.2) is 0 Å². The zero-order valence-corrected chi connectivity index (χ0v) is 13.0. The largest absolute Gasteiger partial charge is 0.341 e. The molecule has 1 aliphatic rings. The molecule has 110 valence electrons. The molecule has 0 saturated carbocycles. The van der Waals surface area contributed by atoms with Gasteiger partial charge < -0.3 is 10.2 Å². The number of anilines is 2. The Hall–Kier alpha value is -1.80. The third-order valence-corrected chi connectivity index (χ3v) is 4.47. The van der Waals surface area contributed by atoms with Gasteiger partial charge in [-0.15, -0.1) is 0 Å². The molecule has 0 spiro atoms. The second kappa shape index (κ2) is 6.31. The van der Waals surface area contributed by atoms with Crippen LogP contribution in [0.2, 0.25) is 0 Å². The summed E-state index contributed by atoms with van der Waals surface area (Å²) in [5.41, 5.74) is 5.60. The second-order valence-corrected chi connectivity index (χ2v) is 5.69. The van der Waals surface area contributed by atoms with E-state index in [-0.39, 0.29) is 0 Å². The highest BCUT2D eigenvalue weighted by Gasteiger charge is 2.21. The van der Waals surface area contributed by atoms with Gasteiger partial charge in [-0.3, -0.25) is 0 Å². The molecular weight excluding hydrogens is 256 g/mol. The van der Waals surface area contributed by atoms with Crippen LogP contribution >= 0.6 is 0 Å². The van der Waals surface area contributed by atoms with E-state index in [4.69, 9.17) is 0 Å². The number of para-hydroxylation sites is 2. The zero-order chi connectivity index (χ0) is 14.7. The van der Waals surface area contributed by atoms with Gasteiger partial charge in [0.2, 0.25) is 0 Å². The summed E-state index contributed by atoms with van der Waals surface area (Å²) in [4.78, 5) is 2.49. The smallest absolute Gasteiger partial charge is 0.0459 e. The average Bonchev–Trinajstić information content (AvgIpc) is 2.56. The fourth-order valence-electron chi connectivity index (χ4n) is 3.39. The molecule has 1 atom stereocenters. The summed E-state index contributed by atoms with van der Waals surface area (Å²) in [5.74, 6) is 0. The fraction of sp³-hybridized carbons (Fsp3) is 0.368. The molecule has 0 fully saturated rings. The normalized spacial score (nSPS) is 15.6. The van der Waals surface area contributed by atoms with Crippen molar-refractivity contribution in [2.75, 3.05) is 18.5 Å². The van der Waals surface area contributed by atoms with Gasteiger partial charge in [0.05, 0.1) is 0 Å². The molecule has 0 radical (unpaired) electrons. The SMILES string of the molecule is CCC(NC)c1ccccc1N1CCCc2ccccc21. The topological polar surface area (TPSA) is 15.3 Å². The number of nitrogens with one attached hydrogen (secondary N) is 1. The van der Waals surface area contributed by atoms with E-state index in [1.54, 1.807) is 0 Å². The maximum atomic E-state index is 3.44. The van der Waals surface area contributed by atoms with E-state index in [2.05, 4.69) is 72.7 Å². The summed E-state index contributed by atoms with van der Waals surface area (Å²) in [6, 6.07) is 18.0. The summed E-state index contributed by atoms with van der Waals surface area (Å²) in [5, 5.41) is 3.44. The molecule has 1 N–H and O–H groups in total. The van der Waals surface area contributed by atoms with Crippen molar-refractivity contribution >= 4 is 11.4 Å². The maximum absolute atomic E-state index is 3.44. The highest BCUT2D eigenvalue weighted by atomic mass is 15.1. The van der Waals surface area contributed by atoms with Crippen LogP contribution in [0.15, 0.2) is 48.5 Å². The Morgan fingerprint density at radius 3 is 2.52 bits per heavy atom. The van der Waals surface area contributed by atoms with E-state index in [9.17, 15) is 0 Å². The Morgan fingerprint density at radius 2 is 1.76 bits per heavy atom. The lowest BCUT2D eigenvalue weighted by Gasteiger charge is -2.34. The molecule has 2 nitrogen and oxygen atoms in total. The fourth-order valence-corrected chi connectivity index (χ4v) is 3.39. The van der Waals surface area contributed by atoms with Crippen molar-refractivity contribution in [3.05, 3.63) is 59.7 Å². The monoisotopic (exact) mass is 280 g/mol. The van der Waals surface area contributed by atoms with Crippen molar-refractivity contribution in [1.82, 2.24) is 5.32 Å². The van der Waals surface area contributed by atoms with Crippen LogP contribution in [0.25, 0.3) is 0 Å². The number of hydrogen-bond acceptors (Lipinski definition) is 2. The molecule has 0 aliphatic carbocycles. The first-order valence-electron chi connectivity index (χ1n) is 7.96. The van der Waals surface area contributed by atoms with Crippen LogP contribution in [0.1, 0.15) is 36.9 Å². The van der Waals surface area contributed by atoms with Gasteiger partial charge in [-0.1, -0.05) is 43.3 Å². The summed E-state index contributed by atoms with van der Waals surface area (Å²) in [7, 11) is 2.05. The first-order chi connectivity index (χ1) is 10.3. The van der Waals surface area contributed by atoms with Crippen molar-refractivity contribution in [3.8, 4) is 0 Å². The van der Waals surface area contributed by atoms with Gasteiger partial charge in [0.1, 0.15) is 0 Å². The molecule has 0 aromatic heterocycles. The van der Waals surface area contributed by atoms with E-state index in [0.29, 0.717) is 6.04 Å². The summed E-state index contributed by atoms with van der Waals surface area (Å²) >= 11 is 0. The van der Waals surface area contributed by atoms with E-state index in [1.165, 1.54) is 35.3 Å². The predicted molar refractivity (Wildman–Crippen MR) is 90.3 cm³/mol. The van der Waals surface area contributed by atoms with Crippen LogP contribution < -0.4 is 10.2 Å². The van der Waals surface area contributed by atoms with E-state index in [1.807, 2.05) is 0 Å². The lowest BCUT2D eigenvalue weighted by atomic mass is 9.97. The van der Waals surface area contributed by atoms with Crippen molar-refractivity contribution in [2.45, 2.75) is 32.2 Å². The van der Waals surface area contributed by atoms with Gasteiger partial charge in [-0.2, -0.15) is 0 Å². The van der Waals surface area contributed by atoms with Crippen LogP contribution in [0.4, 0.5) is 11.4 Å². The third-order valence-electron chi connectivity index (χ3n) is 4.47. The van der Waals surface area contributed by atoms with Crippen LogP contribution in [-0.4, -0.2) is 13.6 Å². The first kappa shape index (κ1) is 14.2. The number of hydrogen-bond donors (Lipinski definition) is 1. The number of fused-ring (bicyclic) bond motifs is 1. The van der Waals surface area contributed by atoms with Crippen molar-refractivity contribution in [3.63, 3.8) is 0 Å². The minimum atomic E-state index is 0.412. The number of aryl methyl sites for hydroxylation is 1. The van der Waals surface area contributed by atoms with Crippen molar-refractivity contribution < 1.29 is 0 Å². The van der Waals surface area contributed by atoms with Gasteiger partial charge >= 0.3 is 0 Å². The lowest BCUT2D eigenvalue weighted by Crippen LogP contribution is -2.27. The molecule has 3 rings (SSSR count). The van der Waals surface area contributed by atoms with Crippen LogP contribution in [0.3, 0.4) is 0 Å². The van der Waals surface area contributed by atoms with E-state index < -0.39 is 0 Å². The van der Waals surface area contributed by atoms with Crippen LogP contribution in [-0.2, 0) is 6.42 Å². The Labute approximate surface area is 127 Å². The minimum absolute atomic E-state index is 0.412. The van der Waals surface area contributed by atoms with Gasteiger partial charge in [0.25, 0.3) is 0 Å². The molecule has 1 unspecified atom stereocenters. The van der Waals surface area contributed by atoms with Crippen molar-refractivity contribution in [1.29, 1.82) is 0 Å². The third kappa shape index (κ3) is 2.68. The Kier molecular flexibility index (Phi) is 4.26. The standard InChI is InChI=1S/C19H24N2/c1-3-17(20-2)16-11-5-7-13-19(16)21-14-8-10-15-9-4-6-12-18(15)21/h4-7,9,11-13,17,20H,3,8,10,14H2,1-2H3. The van der Waals surface area contributed by atoms with Crippen molar-refractivity contribution in [2.24, 2.45) is 0 Å². The first-order valence-corrected chi connectivity index (χ1v) is 7.96. The molecule has 0 bridgehead atoms. The lowest BCUT2D eigenvalue weighted by molar-refractivity contribution is 0.575. The van der Waals surface area contributed by atoms with Crippen LogP contribution in [0.5, 0.6) is 0 Å². The predicted octanol–water partition coefficient (Wildman–Crippen LogP) is 4.44. The minimum Gasteiger partial charge on any atom is -0.341 e. The Balaban J connectivity index is 2.06. The molecule has 0 saturated heterocycles. The molecule has 1 heterocycles. The van der Waals surface area contributed by atoms with E-state index >= 15 is 0 Å². The van der Waals surface area contributed by atoms with E-state index in [0.717, 1.165) is 13.0 Å². The Bertz CT molecular complexity index is 602. The molecule has 2 aromatic carbocycles. The summed E-state index contributed by atoms with van der Waals surface area (Å²) in [6.45, 7) is 3.34. The van der Waals surface area contributed by atoms with Gasteiger partial charge in [-0.05, 0) is 49.6 Å². The zero-order valence-electron chi connectivity index (χ0n) is 13.0. The molecule has 1 aliphatic heterocycles. The summed E-state index contributed by atoms with van der Waals surface area (Å²) < 4.78 is 0. The quantitative estimate of drug-likeness (QED) is 0.890. The number of benzene rings is 2. The molecule has 0 amide bonds. The molecule has 2 aromatic rings. The number of rotatable bonds is 4. The highest BCUT2D eigenvalue weighted by molar-refractivity contribution is 5.70. The highest BCUT2D eigenvalue weighted by Crippen LogP contribution is 2.37. The van der Waals surface area contributed by atoms with Crippen LogP contribution in [0, 0.1) is 0 Å². The molecular formula is C19H24N2. The average molecular weight is 280 g/mol.